The minimum Gasteiger partial charge on any atom is -0.352 e. The van der Waals surface area contributed by atoms with E-state index in [1.54, 1.807) is 0 Å². The molecule has 2 rings (SSSR count). The molecule has 5 amide bonds. The van der Waals surface area contributed by atoms with Crippen molar-refractivity contribution in [3.63, 3.8) is 0 Å². The number of primary amides is 1. The molecule has 1 saturated heterocycles. The lowest BCUT2D eigenvalue weighted by Crippen LogP contribution is -2.66. The van der Waals surface area contributed by atoms with E-state index in [9.17, 15) is 41.8 Å². The number of carbonyl (C=O) groups excluding carboxylic acids is 3. The Hall–Kier alpha value is -1.13. The summed E-state index contributed by atoms with van der Waals surface area (Å²) in [6, 6.07) is -1.51. The molecular formula is C10H24N4O27P6. The highest BCUT2D eigenvalue weighted by Gasteiger charge is 2.62. The zero-order valence-electron chi connectivity index (χ0n) is 21.8. The number of nitrogens with two attached hydrogens (primary N) is 1. The maximum Gasteiger partial charge on any atom is 0.470 e. The Bertz CT molecular complexity index is 1220. The van der Waals surface area contributed by atoms with Crippen molar-refractivity contribution < 1.29 is 128 Å². The molecule has 0 aromatic heterocycles. The minimum absolute atomic E-state index is 0.617. The molecule has 1 saturated carbocycles. The molecule has 2 fully saturated rings. The first kappa shape index (κ1) is 43.9. The van der Waals surface area contributed by atoms with Crippen molar-refractivity contribution in [2.45, 2.75) is 42.8 Å². The Labute approximate surface area is 257 Å². The Morgan fingerprint density at radius 2 is 0.745 bits per heavy atom. The lowest BCUT2D eigenvalue weighted by molar-refractivity contribution is -0.202. The Kier molecular flexibility index (Phi) is 14.8. The fourth-order valence-electron chi connectivity index (χ4n) is 3.45. The second-order valence-corrected chi connectivity index (χ2v) is 15.4. The van der Waals surface area contributed by atoms with Gasteiger partial charge in [-0.05, 0) is 0 Å². The van der Waals surface area contributed by atoms with Crippen molar-refractivity contribution in [2.75, 3.05) is 0 Å². The molecule has 0 aromatic carbocycles. The second kappa shape index (κ2) is 15.8. The van der Waals surface area contributed by atoms with Crippen LogP contribution in [-0.2, 0) is 59.3 Å². The summed E-state index contributed by atoms with van der Waals surface area (Å²) in [5.74, 6) is -0.617. The highest BCUT2D eigenvalue weighted by atomic mass is 31.2. The number of amides is 5. The monoisotopic (exact) mass is 818 g/mol. The van der Waals surface area contributed by atoms with Crippen LogP contribution in [0.1, 0.15) is 0 Å². The third-order valence-corrected chi connectivity index (χ3v) is 7.67. The first-order chi connectivity index (χ1) is 20.7. The number of imide groups is 1. The van der Waals surface area contributed by atoms with E-state index in [0.29, 0.717) is 0 Å². The first-order valence-corrected chi connectivity index (χ1v) is 20.0. The summed E-state index contributed by atoms with van der Waals surface area (Å²) in [6.45, 7) is 0. The van der Waals surface area contributed by atoms with E-state index < -0.39 is 108 Å². The summed E-state index contributed by atoms with van der Waals surface area (Å²) in [6.07, 6.45) is -19.9. The SMILES string of the molecule is NC(=O)NC1NC(=O)NC1=O.O=P(O)(O)O[C@H]1[C@H](OP(=O)(O)O)[C@@H](OP(=O)(O)O)[C@H](OP(=O)(O)O)[C@@H](OP(=O)(O)O)[C@H]1OP(=O)(O)O. The molecule has 1 unspecified atom stereocenters. The van der Waals surface area contributed by atoms with Crippen LogP contribution in [0.5, 0.6) is 0 Å². The van der Waals surface area contributed by atoms with Crippen molar-refractivity contribution in [3.8, 4) is 0 Å². The zero-order valence-corrected chi connectivity index (χ0v) is 27.2. The molecule has 1 aliphatic heterocycles. The van der Waals surface area contributed by atoms with Crippen LogP contribution in [0, 0.1) is 0 Å². The Balaban J connectivity index is 0.000000841. The molecule has 0 radical (unpaired) electrons. The zero-order chi connectivity index (χ0) is 37.1. The molecule has 1 atom stereocenters. The van der Waals surface area contributed by atoms with E-state index in [1.807, 2.05) is 10.6 Å². The van der Waals surface area contributed by atoms with Crippen LogP contribution in [0.4, 0.5) is 9.59 Å². The number of phosphoric ester groups is 6. The van der Waals surface area contributed by atoms with E-state index in [4.69, 9.17) is 64.5 Å². The van der Waals surface area contributed by atoms with Crippen LogP contribution in [0.3, 0.4) is 0 Å². The third kappa shape index (κ3) is 17.4. The summed E-state index contributed by atoms with van der Waals surface area (Å²) in [4.78, 5) is 141. The van der Waals surface area contributed by atoms with Gasteiger partial charge in [-0.2, -0.15) is 0 Å². The number of nitrogens with one attached hydrogen (secondary N) is 3. The summed E-state index contributed by atoms with van der Waals surface area (Å²) in [7, 11) is -36.1. The van der Waals surface area contributed by atoms with E-state index in [1.165, 1.54) is 0 Å². The average Bonchev–Trinajstić information content (AvgIpc) is 3.07. The van der Waals surface area contributed by atoms with Crippen molar-refractivity contribution in [2.24, 2.45) is 5.73 Å². The van der Waals surface area contributed by atoms with Crippen LogP contribution < -0.4 is 21.7 Å². The number of phosphoric acid groups is 6. The maximum absolute atomic E-state index is 11.4. The van der Waals surface area contributed by atoms with Gasteiger partial charge in [0.2, 0.25) is 0 Å². The maximum atomic E-state index is 11.4. The highest BCUT2D eigenvalue weighted by molar-refractivity contribution is 7.47. The largest absolute Gasteiger partial charge is 0.470 e. The van der Waals surface area contributed by atoms with Crippen molar-refractivity contribution >= 4 is 64.9 Å². The molecule has 31 nitrogen and oxygen atoms in total. The molecule has 17 N–H and O–H groups in total. The molecular weight excluding hydrogens is 794 g/mol. The molecule has 47 heavy (non-hydrogen) atoms. The second-order valence-electron chi connectivity index (χ2n) is 8.27. The fraction of sp³-hybridized carbons (Fsp3) is 0.700. The van der Waals surface area contributed by atoms with E-state index in [0.717, 1.165) is 0 Å². The number of carbonyl (C=O) groups is 3. The topological polar surface area (TPSA) is 514 Å². The number of urea groups is 2. The fourth-order valence-corrected chi connectivity index (χ4v) is 6.80. The number of rotatable bonds is 13. The molecule has 2 aliphatic rings. The van der Waals surface area contributed by atoms with Gasteiger partial charge >= 0.3 is 59.0 Å². The third-order valence-electron chi connectivity index (χ3n) is 4.56. The van der Waals surface area contributed by atoms with Gasteiger partial charge in [0.1, 0.15) is 36.6 Å². The summed E-state index contributed by atoms with van der Waals surface area (Å²) in [5, 5.41) is 6.05. The standard InChI is InChI=1S/C6H18O24P6.C4H6N4O3/c7-31(8,9)25-1-2(26-32(10,11)12)4(28-34(16,17)18)6(30-36(22,23)24)5(29-35(19,20)21)3(1)27-33(13,14)15;5-3(10)6-1-2(9)8-4(11)7-1/h1-6H,(H2,7,8,9)(H2,10,11,12)(H2,13,14,15)(H2,16,17,18)(H2,19,20,21)(H2,22,23,24);1H,(H3,5,6,10)(H2,7,8,9,11)/t1-,2-,3-,4+,5-,6-;. The quantitative estimate of drug-likeness (QED) is 0.0609. The Morgan fingerprint density at radius 1 is 0.532 bits per heavy atom. The molecule has 0 aromatic rings. The lowest BCUT2D eigenvalue weighted by Gasteiger charge is -2.48. The average molecular weight is 818 g/mol. The van der Waals surface area contributed by atoms with Crippen LogP contribution in [0.2, 0.25) is 0 Å². The van der Waals surface area contributed by atoms with E-state index >= 15 is 0 Å². The van der Waals surface area contributed by atoms with E-state index in [-0.39, 0.29) is 0 Å². The van der Waals surface area contributed by atoms with Gasteiger partial charge in [0, 0.05) is 0 Å². The smallest absolute Gasteiger partial charge is 0.352 e. The van der Waals surface area contributed by atoms with Gasteiger partial charge in [-0.25, -0.2) is 37.0 Å². The van der Waals surface area contributed by atoms with Gasteiger partial charge in [-0.15, -0.1) is 0 Å². The van der Waals surface area contributed by atoms with Crippen molar-refractivity contribution in [1.29, 1.82) is 0 Å². The van der Waals surface area contributed by atoms with Crippen LogP contribution in [0.15, 0.2) is 0 Å². The van der Waals surface area contributed by atoms with Crippen molar-refractivity contribution in [3.05, 3.63) is 0 Å². The molecule has 37 heteroatoms. The minimum atomic E-state index is -6.02. The Morgan fingerprint density at radius 3 is 0.872 bits per heavy atom. The van der Waals surface area contributed by atoms with Gasteiger partial charge in [-0.3, -0.25) is 37.3 Å². The summed E-state index contributed by atoms with van der Waals surface area (Å²) < 4.78 is 93.1. The molecule has 1 aliphatic carbocycles. The van der Waals surface area contributed by atoms with Gasteiger partial charge in [-0.1, -0.05) is 0 Å². The number of hydrogen-bond acceptors (Lipinski definition) is 15. The highest BCUT2D eigenvalue weighted by Crippen LogP contribution is 2.57. The predicted octanol–water partition coefficient (Wildman–Crippen LogP) is -5.31. The molecule has 276 valence electrons. The van der Waals surface area contributed by atoms with Gasteiger partial charge in [0.15, 0.2) is 6.17 Å². The van der Waals surface area contributed by atoms with E-state index in [2.05, 4.69) is 32.5 Å². The molecule has 0 spiro atoms. The molecule has 0 bridgehead atoms. The summed E-state index contributed by atoms with van der Waals surface area (Å²) >= 11 is 0. The first-order valence-electron chi connectivity index (χ1n) is 10.8. The van der Waals surface area contributed by atoms with Gasteiger partial charge in [0.25, 0.3) is 5.91 Å². The normalized spacial score (nSPS) is 27.7. The van der Waals surface area contributed by atoms with Gasteiger partial charge < -0.3 is 75.1 Å². The molecule has 1 heterocycles. The lowest BCUT2D eigenvalue weighted by atomic mass is 9.85. The number of hydrogen-bond donors (Lipinski definition) is 16. The summed E-state index contributed by atoms with van der Waals surface area (Å²) in [5.41, 5.74) is 4.70. The van der Waals surface area contributed by atoms with Gasteiger partial charge in [0.05, 0.1) is 0 Å². The van der Waals surface area contributed by atoms with Crippen molar-refractivity contribution in [1.82, 2.24) is 16.0 Å². The predicted molar refractivity (Wildman–Crippen MR) is 135 cm³/mol. The van der Waals surface area contributed by atoms with Crippen LogP contribution in [0.25, 0.3) is 0 Å². The van der Waals surface area contributed by atoms with Crippen LogP contribution >= 0.6 is 46.9 Å². The van der Waals surface area contributed by atoms with Crippen LogP contribution in [-0.4, -0.2) is 119 Å².